The fourth-order valence-electron chi connectivity index (χ4n) is 2.94. The maximum absolute atomic E-state index is 13.3. The molecule has 0 aliphatic heterocycles. The minimum Gasteiger partial charge on any atom is -0.497 e. The van der Waals surface area contributed by atoms with E-state index in [9.17, 15) is 13.6 Å². The Morgan fingerprint density at radius 1 is 1.11 bits per heavy atom. The van der Waals surface area contributed by atoms with Gasteiger partial charge in [-0.15, -0.1) is 0 Å². The van der Waals surface area contributed by atoms with Crippen molar-refractivity contribution in [1.82, 2.24) is 4.90 Å². The van der Waals surface area contributed by atoms with Gasteiger partial charge in [-0.05, 0) is 43.2 Å². The monoisotopic (exact) mass is 376 g/mol. The average Bonchev–Trinajstić information content (AvgIpc) is 3.49. The van der Waals surface area contributed by atoms with Crippen LogP contribution in [0.4, 0.5) is 14.5 Å². The molecular formula is C20H22F2N2O3. The fourth-order valence-corrected chi connectivity index (χ4v) is 2.94. The van der Waals surface area contributed by atoms with Crippen LogP contribution in [0.25, 0.3) is 0 Å². The Balaban J connectivity index is 1.69. The van der Waals surface area contributed by atoms with Gasteiger partial charge >= 0.3 is 0 Å². The van der Waals surface area contributed by atoms with Gasteiger partial charge < -0.3 is 14.8 Å². The van der Waals surface area contributed by atoms with Crippen LogP contribution in [0.15, 0.2) is 36.4 Å². The first-order valence-electron chi connectivity index (χ1n) is 8.70. The molecule has 0 bridgehead atoms. The molecule has 1 saturated carbocycles. The Hall–Kier alpha value is -2.67. The first kappa shape index (κ1) is 19.1. The molecule has 1 aliphatic carbocycles. The molecule has 5 nitrogen and oxygen atoms in total. The quantitative estimate of drug-likeness (QED) is 0.765. The van der Waals surface area contributed by atoms with Gasteiger partial charge in [0.25, 0.3) is 0 Å². The number of methoxy groups -OCH3 is 2. The molecule has 0 radical (unpaired) electrons. The van der Waals surface area contributed by atoms with Crippen molar-refractivity contribution in [1.29, 1.82) is 0 Å². The van der Waals surface area contributed by atoms with Gasteiger partial charge in [-0.1, -0.05) is 0 Å². The molecule has 0 heterocycles. The first-order valence-corrected chi connectivity index (χ1v) is 8.70. The molecule has 1 N–H and O–H groups in total. The highest BCUT2D eigenvalue weighted by molar-refractivity contribution is 5.92. The summed E-state index contributed by atoms with van der Waals surface area (Å²) in [5, 5.41) is 2.62. The van der Waals surface area contributed by atoms with Gasteiger partial charge in [-0.3, -0.25) is 9.69 Å². The third-order valence-electron chi connectivity index (χ3n) is 4.47. The molecular weight excluding hydrogens is 354 g/mol. The minimum atomic E-state index is -0.993. The van der Waals surface area contributed by atoms with Gasteiger partial charge in [-0.25, -0.2) is 8.78 Å². The summed E-state index contributed by atoms with van der Waals surface area (Å²) in [7, 11) is 3.20. The topological polar surface area (TPSA) is 50.8 Å². The molecule has 0 aromatic heterocycles. The summed E-state index contributed by atoms with van der Waals surface area (Å²) in [4.78, 5) is 14.4. The van der Waals surface area contributed by atoms with E-state index < -0.39 is 11.6 Å². The van der Waals surface area contributed by atoms with Crippen molar-refractivity contribution >= 4 is 11.6 Å². The number of hydrogen-bond donors (Lipinski definition) is 1. The van der Waals surface area contributed by atoms with Crippen LogP contribution in [0.5, 0.6) is 11.5 Å². The highest BCUT2D eigenvalue weighted by Gasteiger charge is 2.31. The Morgan fingerprint density at radius 2 is 1.89 bits per heavy atom. The lowest BCUT2D eigenvalue weighted by Crippen LogP contribution is -2.34. The number of benzene rings is 2. The molecule has 2 aromatic rings. The predicted molar refractivity (Wildman–Crippen MR) is 98.0 cm³/mol. The highest BCUT2D eigenvalue weighted by atomic mass is 19.2. The van der Waals surface area contributed by atoms with Crippen molar-refractivity contribution in [2.24, 2.45) is 0 Å². The van der Waals surface area contributed by atoms with Crippen LogP contribution >= 0.6 is 0 Å². The third kappa shape index (κ3) is 4.95. The number of anilines is 1. The van der Waals surface area contributed by atoms with E-state index in [0.29, 0.717) is 18.3 Å². The second-order valence-electron chi connectivity index (χ2n) is 6.49. The van der Waals surface area contributed by atoms with Crippen LogP contribution in [0.1, 0.15) is 18.4 Å². The molecule has 0 spiro atoms. The molecule has 7 heteroatoms. The van der Waals surface area contributed by atoms with Gasteiger partial charge in [0.2, 0.25) is 5.91 Å². The van der Waals surface area contributed by atoms with Crippen molar-refractivity contribution in [2.75, 3.05) is 26.1 Å². The molecule has 0 saturated heterocycles. The van der Waals surface area contributed by atoms with E-state index in [0.717, 1.165) is 36.3 Å². The van der Waals surface area contributed by atoms with Crippen LogP contribution < -0.4 is 14.8 Å². The second-order valence-corrected chi connectivity index (χ2v) is 6.49. The van der Waals surface area contributed by atoms with Gasteiger partial charge in [-0.2, -0.15) is 0 Å². The van der Waals surface area contributed by atoms with Gasteiger partial charge in [0.1, 0.15) is 11.5 Å². The first-order chi connectivity index (χ1) is 13.0. The van der Waals surface area contributed by atoms with Crippen molar-refractivity contribution in [2.45, 2.75) is 25.4 Å². The predicted octanol–water partition coefficient (Wildman–Crippen LogP) is 3.59. The number of halogens is 2. The zero-order chi connectivity index (χ0) is 19.4. The van der Waals surface area contributed by atoms with Crippen LogP contribution in [0, 0.1) is 11.6 Å². The number of rotatable bonds is 8. The minimum absolute atomic E-state index is 0.143. The van der Waals surface area contributed by atoms with Crippen molar-refractivity contribution in [3.8, 4) is 11.5 Å². The normalized spacial score (nSPS) is 13.5. The molecule has 1 amide bonds. The Kier molecular flexibility index (Phi) is 5.91. The largest absolute Gasteiger partial charge is 0.497 e. The summed E-state index contributed by atoms with van der Waals surface area (Å²) >= 11 is 0. The maximum atomic E-state index is 13.3. The van der Waals surface area contributed by atoms with Crippen molar-refractivity contribution in [3.05, 3.63) is 53.6 Å². The Bertz CT molecular complexity index is 825. The summed E-state index contributed by atoms with van der Waals surface area (Å²) in [6.45, 7) is 0.667. The SMILES string of the molecule is COc1ccc(OC)c(CN(CC(=O)Nc2ccc(F)c(F)c2)C2CC2)c1. The standard InChI is InChI=1S/C20H22F2N2O3/c1-26-16-6-8-19(27-2)13(9-16)11-24(15-4-5-15)12-20(25)23-14-3-7-17(21)18(22)10-14/h3,6-10,15H,4-5,11-12H2,1-2H3,(H,23,25). The van der Waals surface area contributed by atoms with Crippen molar-refractivity contribution in [3.63, 3.8) is 0 Å². The smallest absolute Gasteiger partial charge is 0.238 e. The second kappa shape index (κ2) is 8.35. The Labute approximate surface area is 156 Å². The van der Waals surface area contributed by atoms with E-state index in [-0.39, 0.29) is 18.1 Å². The summed E-state index contributed by atoms with van der Waals surface area (Å²) in [5.41, 5.74) is 1.15. The molecule has 0 atom stereocenters. The number of amides is 1. The zero-order valence-electron chi connectivity index (χ0n) is 15.3. The highest BCUT2D eigenvalue weighted by Crippen LogP contribution is 2.31. The molecule has 0 unspecified atom stereocenters. The van der Waals surface area contributed by atoms with Crippen LogP contribution in [0.2, 0.25) is 0 Å². The number of carbonyl (C=O) groups is 1. The lowest BCUT2D eigenvalue weighted by Gasteiger charge is -2.23. The average molecular weight is 376 g/mol. The van der Waals surface area contributed by atoms with E-state index in [1.165, 1.54) is 6.07 Å². The molecule has 2 aromatic carbocycles. The van der Waals surface area contributed by atoms with Gasteiger partial charge in [0.05, 0.1) is 20.8 Å². The number of hydrogen-bond acceptors (Lipinski definition) is 4. The van der Waals surface area contributed by atoms with Crippen LogP contribution in [-0.2, 0) is 11.3 Å². The van der Waals surface area contributed by atoms with E-state index in [2.05, 4.69) is 5.32 Å². The summed E-state index contributed by atoms with van der Waals surface area (Å²) < 4.78 is 37.0. The van der Waals surface area contributed by atoms with E-state index in [1.54, 1.807) is 14.2 Å². The fraction of sp³-hybridized carbons (Fsp3) is 0.350. The summed E-state index contributed by atoms with van der Waals surface area (Å²) in [6, 6.07) is 9.16. The molecule has 3 rings (SSSR count). The van der Waals surface area contributed by atoms with E-state index >= 15 is 0 Å². The van der Waals surface area contributed by atoms with Gasteiger partial charge in [0, 0.05) is 29.9 Å². The molecule has 144 valence electrons. The third-order valence-corrected chi connectivity index (χ3v) is 4.47. The summed E-state index contributed by atoms with van der Waals surface area (Å²) in [5.74, 6) is -0.782. The number of ether oxygens (including phenoxy) is 2. The zero-order valence-corrected chi connectivity index (χ0v) is 15.3. The molecule has 27 heavy (non-hydrogen) atoms. The number of nitrogens with zero attached hydrogens (tertiary/aromatic N) is 1. The lowest BCUT2D eigenvalue weighted by molar-refractivity contribution is -0.117. The number of carbonyl (C=O) groups excluding carboxylic acids is 1. The van der Waals surface area contributed by atoms with Gasteiger partial charge in [0.15, 0.2) is 11.6 Å². The van der Waals surface area contributed by atoms with E-state index in [4.69, 9.17) is 9.47 Å². The molecule has 1 fully saturated rings. The molecule has 1 aliphatic rings. The Morgan fingerprint density at radius 3 is 2.52 bits per heavy atom. The van der Waals surface area contributed by atoms with Crippen LogP contribution in [0.3, 0.4) is 0 Å². The summed E-state index contributed by atoms with van der Waals surface area (Å²) in [6.07, 6.45) is 2.04. The lowest BCUT2D eigenvalue weighted by atomic mass is 10.1. The number of nitrogens with one attached hydrogen (secondary N) is 1. The van der Waals surface area contributed by atoms with Crippen molar-refractivity contribution < 1.29 is 23.0 Å². The maximum Gasteiger partial charge on any atom is 0.238 e. The van der Waals surface area contributed by atoms with E-state index in [1.807, 2.05) is 23.1 Å². The van der Waals surface area contributed by atoms with Crippen LogP contribution in [-0.4, -0.2) is 37.6 Å².